The van der Waals surface area contributed by atoms with Gasteiger partial charge in [0.25, 0.3) is 0 Å². The second kappa shape index (κ2) is 6.81. The Morgan fingerprint density at radius 1 is 1.29 bits per heavy atom. The maximum atomic E-state index is 13.3. The predicted octanol–water partition coefficient (Wildman–Crippen LogP) is 2.93. The first kappa shape index (κ1) is 16.2. The summed E-state index contributed by atoms with van der Waals surface area (Å²) in [6.45, 7) is 1.16. The Kier molecular flexibility index (Phi) is 4.59. The highest BCUT2D eigenvalue weighted by Crippen LogP contribution is 2.25. The zero-order chi connectivity index (χ0) is 17.1. The first-order chi connectivity index (χ1) is 11.6. The van der Waals surface area contributed by atoms with E-state index in [1.54, 1.807) is 35.2 Å². The van der Waals surface area contributed by atoms with Crippen molar-refractivity contribution in [2.24, 2.45) is 0 Å². The number of carbonyl (C=O) groups is 1. The molecule has 0 aromatic heterocycles. The lowest BCUT2D eigenvalue weighted by molar-refractivity contribution is -0.121. The molecule has 1 heterocycles. The smallest absolute Gasteiger partial charge is 0.244 e. The molecule has 0 N–H and O–H groups in total. The van der Waals surface area contributed by atoms with Crippen LogP contribution in [0, 0.1) is 17.1 Å². The molecule has 1 aliphatic rings. The van der Waals surface area contributed by atoms with Gasteiger partial charge in [-0.15, -0.1) is 0 Å². The molecule has 0 spiro atoms. The van der Waals surface area contributed by atoms with Crippen LogP contribution in [0.3, 0.4) is 0 Å². The molecule has 1 aliphatic heterocycles. The summed E-state index contributed by atoms with van der Waals surface area (Å²) in [6.07, 6.45) is 0.727. The Morgan fingerprint density at radius 2 is 2.04 bits per heavy atom. The van der Waals surface area contributed by atoms with Crippen LogP contribution < -0.4 is 4.90 Å². The second-order valence-corrected chi connectivity index (χ2v) is 6.00. The number of rotatable bonds is 4. The van der Waals surface area contributed by atoms with Crippen LogP contribution in [-0.4, -0.2) is 30.4 Å². The van der Waals surface area contributed by atoms with Crippen LogP contribution in [-0.2, 0) is 11.3 Å². The fraction of sp³-hybridized carbons (Fsp3) is 0.263. The molecule has 1 amide bonds. The van der Waals surface area contributed by atoms with E-state index in [4.69, 9.17) is 5.26 Å². The van der Waals surface area contributed by atoms with E-state index >= 15 is 0 Å². The first-order valence-electron chi connectivity index (χ1n) is 7.85. The van der Waals surface area contributed by atoms with E-state index in [2.05, 4.69) is 6.07 Å². The monoisotopic (exact) mass is 323 g/mol. The van der Waals surface area contributed by atoms with E-state index in [1.807, 2.05) is 18.0 Å². The van der Waals surface area contributed by atoms with Gasteiger partial charge < -0.3 is 4.90 Å². The van der Waals surface area contributed by atoms with E-state index in [1.165, 1.54) is 12.1 Å². The van der Waals surface area contributed by atoms with Crippen molar-refractivity contribution in [2.45, 2.75) is 19.0 Å². The lowest BCUT2D eigenvalue weighted by Crippen LogP contribution is -2.39. The molecule has 5 heteroatoms. The first-order valence-corrected chi connectivity index (χ1v) is 7.85. The molecule has 1 fully saturated rings. The van der Waals surface area contributed by atoms with E-state index < -0.39 is 0 Å². The molecule has 0 aliphatic carbocycles. The second-order valence-electron chi connectivity index (χ2n) is 6.00. The van der Waals surface area contributed by atoms with E-state index in [0.29, 0.717) is 18.7 Å². The summed E-state index contributed by atoms with van der Waals surface area (Å²) in [6, 6.07) is 15.3. The van der Waals surface area contributed by atoms with Gasteiger partial charge in [0.1, 0.15) is 5.82 Å². The average Bonchev–Trinajstić information content (AvgIpc) is 2.96. The maximum absolute atomic E-state index is 13.3. The van der Waals surface area contributed by atoms with Gasteiger partial charge in [-0.2, -0.15) is 5.26 Å². The van der Waals surface area contributed by atoms with Crippen molar-refractivity contribution >= 4 is 11.6 Å². The zero-order valence-electron chi connectivity index (χ0n) is 13.4. The number of carbonyl (C=O) groups excluding carboxylic acids is 1. The van der Waals surface area contributed by atoms with Gasteiger partial charge in [0.05, 0.1) is 17.7 Å². The average molecular weight is 323 g/mol. The van der Waals surface area contributed by atoms with Gasteiger partial charge in [0, 0.05) is 18.8 Å². The molecular formula is C19H18FN3O. The quantitative estimate of drug-likeness (QED) is 0.869. The Bertz CT molecular complexity index is 782. The van der Waals surface area contributed by atoms with Crippen LogP contribution in [0.4, 0.5) is 10.1 Å². The van der Waals surface area contributed by atoms with Gasteiger partial charge >= 0.3 is 0 Å². The third-order valence-electron chi connectivity index (χ3n) is 4.34. The molecule has 0 bridgehead atoms. The SMILES string of the molecule is CN(Cc1cccc(F)c1)C1CCN(c2ccc(C#N)cc2)C1=O. The zero-order valence-corrected chi connectivity index (χ0v) is 13.4. The number of halogens is 1. The lowest BCUT2D eigenvalue weighted by atomic mass is 10.1. The Hall–Kier alpha value is -2.71. The summed E-state index contributed by atoms with van der Waals surface area (Å²) >= 11 is 0. The summed E-state index contributed by atoms with van der Waals surface area (Å²) in [5.74, 6) is -0.225. The molecule has 3 rings (SSSR count). The van der Waals surface area contributed by atoms with Crippen LogP contribution >= 0.6 is 0 Å². The number of benzene rings is 2. The largest absolute Gasteiger partial charge is 0.311 e. The van der Waals surface area contributed by atoms with Crippen molar-refractivity contribution in [3.8, 4) is 6.07 Å². The minimum Gasteiger partial charge on any atom is -0.311 e. The van der Waals surface area contributed by atoms with Gasteiger partial charge in [0.2, 0.25) is 5.91 Å². The van der Waals surface area contributed by atoms with Crippen molar-refractivity contribution in [3.63, 3.8) is 0 Å². The number of anilines is 1. The minimum atomic E-state index is -0.266. The van der Waals surface area contributed by atoms with Crippen LogP contribution in [0.5, 0.6) is 0 Å². The highest BCUT2D eigenvalue weighted by atomic mass is 19.1. The molecule has 2 aromatic rings. The molecular weight excluding hydrogens is 305 g/mol. The van der Waals surface area contributed by atoms with Crippen molar-refractivity contribution in [3.05, 3.63) is 65.5 Å². The van der Waals surface area contributed by atoms with Gasteiger partial charge in [-0.3, -0.25) is 9.69 Å². The number of hydrogen-bond donors (Lipinski definition) is 0. The summed E-state index contributed by atoms with van der Waals surface area (Å²) in [7, 11) is 1.88. The third kappa shape index (κ3) is 3.29. The predicted molar refractivity (Wildman–Crippen MR) is 89.8 cm³/mol. The summed E-state index contributed by atoms with van der Waals surface area (Å²) in [5.41, 5.74) is 2.23. The molecule has 1 unspecified atom stereocenters. The third-order valence-corrected chi connectivity index (χ3v) is 4.34. The van der Waals surface area contributed by atoms with Crippen molar-refractivity contribution < 1.29 is 9.18 Å². The highest BCUT2D eigenvalue weighted by Gasteiger charge is 2.35. The van der Waals surface area contributed by atoms with Gasteiger partial charge in [-0.05, 0) is 55.4 Å². The van der Waals surface area contributed by atoms with Crippen LogP contribution in [0.1, 0.15) is 17.5 Å². The molecule has 24 heavy (non-hydrogen) atoms. The Balaban J connectivity index is 1.69. The number of likely N-dealkylation sites (N-methyl/N-ethyl adjacent to an activating group) is 1. The van der Waals surface area contributed by atoms with E-state index in [-0.39, 0.29) is 17.8 Å². The fourth-order valence-electron chi connectivity index (χ4n) is 3.08. The molecule has 1 atom stereocenters. The summed E-state index contributed by atoms with van der Waals surface area (Å²) < 4.78 is 13.3. The van der Waals surface area contributed by atoms with Crippen molar-refractivity contribution in [1.82, 2.24) is 4.90 Å². The van der Waals surface area contributed by atoms with E-state index in [0.717, 1.165) is 17.7 Å². The van der Waals surface area contributed by atoms with Gasteiger partial charge in [0.15, 0.2) is 0 Å². The van der Waals surface area contributed by atoms with Gasteiger partial charge in [-0.25, -0.2) is 4.39 Å². The van der Waals surface area contributed by atoms with Crippen LogP contribution in [0.2, 0.25) is 0 Å². The molecule has 4 nitrogen and oxygen atoms in total. The normalized spacial score (nSPS) is 17.3. The maximum Gasteiger partial charge on any atom is 0.244 e. The lowest BCUT2D eigenvalue weighted by Gasteiger charge is -2.24. The molecule has 0 radical (unpaired) electrons. The number of hydrogen-bond acceptors (Lipinski definition) is 3. The topological polar surface area (TPSA) is 47.3 Å². The fourth-order valence-corrected chi connectivity index (χ4v) is 3.08. The molecule has 122 valence electrons. The van der Waals surface area contributed by atoms with Crippen LogP contribution in [0.15, 0.2) is 48.5 Å². The molecule has 2 aromatic carbocycles. The summed E-state index contributed by atoms with van der Waals surface area (Å²) in [4.78, 5) is 16.4. The standard InChI is InChI=1S/C19H18FN3O/c1-22(13-15-3-2-4-16(20)11-15)18-9-10-23(19(18)24)17-7-5-14(12-21)6-8-17/h2-8,11,18H,9-10,13H2,1H3. The minimum absolute atomic E-state index is 0.0404. The summed E-state index contributed by atoms with van der Waals surface area (Å²) in [5, 5.41) is 8.86. The Morgan fingerprint density at radius 3 is 2.71 bits per heavy atom. The molecule has 0 saturated carbocycles. The van der Waals surface area contributed by atoms with Gasteiger partial charge in [-0.1, -0.05) is 12.1 Å². The van der Waals surface area contributed by atoms with E-state index in [9.17, 15) is 9.18 Å². The van der Waals surface area contributed by atoms with Crippen molar-refractivity contribution in [2.75, 3.05) is 18.5 Å². The van der Waals surface area contributed by atoms with Crippen molar-refractivity contribution in [1.29, 1.82) is 5.26 Å². The Labute approximate surface area is 140 Å². The molecule has 1 saturated heterocycles. The number of nitrogens with zero attached hydrogens (tertiary/aromatic N) is 3. The number of amides is 1. The number of nitriles is 1. The van der Waals surface area contributed by atoms with Crippen LogP contribution in [0.25, 0.3) is 0 Å². The highest BCUT2D eigenvalue weighted by molar-refractivity contribution is 5.99.